The Morgan fingerprint density at radius 3 is 2.58 bits per heavy atom. The van der Waals surface area contributed by atoms with Crippen LogP contribution in [-0.2, 0) is 19.3 Å². The van der Waals surface area contributed by atoms with E-state index in [9.17, 15) is 0 Å². The van der Waals surface area contributed by atoms with Crippen molar-refractivity contribution < 1.29 is 0 Å². The third-order valence-corrected chi connectivity index (χ3v) is 4.92. The van der Waals surface area contributed by atoms with E-state index in [2.05, 4.69) is 40.1 Å². The van der Waals surface area contributed by atoms with Crippen LogP contribution in [0.15, 0.2) is 29.6 Å². The number of benzene rings is 1. The molecule has 1 aromatic carbocycles. The minimum atomic E-state index is 0.304. The highest BCUT2D eigenvalue weighted by molar-refractivity contribution is 7.09. The Hall–Kier alpha value is -1.23. The third kappa shape index (κ3) is 2.71. The Balaban J connectivity index is 1.71. The van der Waals surface area contributed by atoms with E-state index < -0.39 is 0 Å². The zero-order valence-electron chi connectivity index (χ0n) is 11.1. The van der Waals surface area contributed by atoms with Crippen LogP contribution < -0.4 is 11.3 Å². The van der Waals surface area contributed by atoms with Gasteiger partial charge in [0.25, 0.3) is 0 Å². The Kier molecular flexibility index (Phi) is 3.64. The smallest absolute Gasteiger partial charge is 0.0944 e. The lowest BCUT2D eigenvalue weighted by Crippen LogP contribution is -2.42. The molecule has 4 heteroatoms. The number of fused-ring (bicyclic) bond motifs is 1. The summed E-state index contributed by atoms with van der Waals surface area (Å²) in [4.78, 5) is 4.54. The molecular formula is C15H19N3S. The highest BCUT2D eigenvalue weighted by atomic mass is 32.1. The zero-order valence-corrected chi connectivity index (χ0v) is 11.9. The Bertz CT molecular complexity index is 539. The predicted molar refractivity (Wildman–Crippen MR) is 79.0 cm³/mol. The van der Waals surface area contributed by atoms with Crippen LogP contribution in [0.4, 0.5) is 0 Å². The Morgan fingerprint density at radius 2 is 2.05 bits per heavy atom. The standard InChI is InChI=1S/C15H19N3S/c1-10-9-19-15(17-10)8-14(18-16)13-6-11-4-2-3-5-12(11)7-13/h2-5,9,13-14,18H,6-8,16H2,1H3. The van der Waals surface area contributed by atoms with Gasteiger partial charge in [-0.2, -0.15) is 0 Å². The number of thiazole rings is 1. The molecule has 0 radical (unpaired) electrons. The van der Waals surface area contributed by atoms with E-state index in [1.807, 2.05) is 6.92 Å². The monoisotopic (exact) mass is 273 g/mol. The van der Waals surface area contributed by atoms with Crippen molar-refractivity contribution in [3.8, 4) is 0 Å². The van der Waals surface area contributed by atoms with Crippen molar-refractivity contribution in [1.29, 1.82) is 0 Å². The van der Waals surface area contributed by atoms with Gasteiger partial charge in [-0.25, -0.2) is 4.98 Å². The van der Waals surface area contributed by atoms with Crippen LogP contribution in [0.2, 0.25) is 0 Å². The molecule has 3 rings (SSSR count). The van der Waals surface area contributed by atoms with Gasteiger partial charge in [-0.15, -0.1) is 11.3 Å². The van der Waals surface area contributed by atoms with Gasteiger partial charge in [-0.05, 0) is 36.8 Å². The highest BCUT2D eigenvalue weighted by Gasteiger charge is 2.28. The number of rotatable bonds is 4. The molecule has 2 aromatic rings. The summed E-state index contributed by atoms with van der Waals surface area (Å²) in [5.41, 5.74) is 7.06. The topological polar surface area (TPSA) is 50.9 Å². The molecule has 100 valence electrons. The van der Waals surface area contributed by atoms with Crippen molar-refractivity contribution in [1.82, 2.24) is 10.4 Å². The van der Waals surface area contributed by atoms with E-state index in [0.29, 0.717) is 12.0 Å². The summed E-state index contributed by atoms with van der Waals surface area (Å²) in [6.45, 7) is 2.04. The van der Waals surface area contributed by atoms with E-state index in [-0.39, 0.29) is 0 Å². The average molecular weight is 273 g/mol. The lowest BCUT2D eigenvalue weighted by molar-refractivity contribution is 0.366. The molecule has 0 spiro atoms. The minimum absolute atomic E-state index is 0.304. The van der Waals surface area contributed by atoms with Crippen molar-refractivity contribution in [2.24, 2.45) is 11.8 Å². The van der Waals surface area contributed by atoms with Crippen molar-refractivity contribution in [3.63, 3.8) is 0 Å². The second-order valence-electron chi connectivity index (χ2n) is 5.30. The molecule has 1 aliphatic rings. The number of aromatic nitrogens is 1. The number of nitrogens with two attached hydrogens (primary N) is 1. The number of nitrogens with zero attached hydrogens (tertiary/aromatic N) is 1. The molecule has 0 saturated carbocycles. The molecule has 1 atom stereocenters. The van der Waals surface area contributed by atoms with Crippen LogP contribution in [0.25, 0.3) is 0 Å². The molecule has 3 nitrogen and oxygen atoms in total. The first-order valence-corrected chi connectivity index (χ1v) is 7.58. The summed E-state index contributed by atoms with van der Waals surface area (Å²) in [6.07, 6.45) is 3.17. The second kappa shape index (κ2) is 5.41. The van der Waals surface area contributed by atoms with Gasteiger partial charge in [0, 0.05) is 23.5 Å². The molecule has 0 amide bonds. The third-order valence-electron chi connectivity index (χ3n) is 3.93. The van der Waals surface area contributed by atoms with Crippen LogP contribution >= 0.6 is 11.3 Å². The fourth-order valence-electron chi connectivity index (χ4n) is 2.92. The molecule has 3 N–H and O–H groups in total. The molecule has 1 heterocycles. The summed E-state index contributed by atoms with van der Waals surface area (Å²) in [7, 11) is 0. The van der Waals surface area contributed by atoms with E-state index in [1.165, 1.54) is 16.1 Å². The van der Waals surface area contributed by atoms with Gasteiger partial charge in [-0.1, -0.05) is 24.3 Å². The van der Waals surface area contributed by atoms with Crippen molar-refractivity contribution in [2.75, 3.05) is 0 Å². The first-order chi connectivity index (χ1) is 9.26. The SMILES string of the molecule is Cc1csc(CC(NN)C2Cc3ccccc3C2)n1. The number of hydrazine groups is 1. The Labute approximate surface area is 117 Å². The number of nitrogens with one attached hydrogen (secondary N) is 1. The maximum Gasteiger partial charge on any atom is 0.0944 e. The first kappa shape index (κ1) is 12.8. The average Bonchev–Trinajstić information content (AvgIpc) is 3.01. The molecule has 0 bridgehead atoms. The Morgan fingerprint density at radius 1 is 1.37 bits per heavy atom. The summed E-state index contributed by atoms with van der Waals surface area (Å²) < 4.78 is 0. The quantitative estimate of drug-likeness (QED) is 0.663. The fraction of sp³-hybridized carbons (Fsp3) is 0.400. The van der Waals surface area contributed by atoms with E-state index in [0.717, 1.165) is 25.0 Å². The summed E-state index contributed by atoms with van der Waals surface area (Å²) in [5, 5.41) is 3.28. The number of hydrogen-bond donors (Lipinski definition) is 2. The number of hydrogen-bond acceptors (Lipinski definition) is 4. The van der Waals surface area contributed by atoms with Gasteiger partial charge in [0.1, 0.15) is 0 Å². The number of aryl methyl sites for hydroxylation is 1. The van der Waals surface area contributed by atoms with Crippen molar-refractivity contribution >= 4 is 11.3 Å². The molecule has 1 unspecified atom stereocenters. The van der Waals surface area contributed by atoms with Crippen LogP contribution in [0.3, 0.4) is 0 Å². The summed E-state index contributed by atoms with van der Waals surface area (Å²) in [5.74, 6) is 6.34. The predicted octanol–water partition coefficient (Wildman–Crippen LogP) is 2.24. The van der Waals surface area contributed by atoms with Crippen LogP contribution in [-0.4, -0.2) is 11.0 Å². The van der Waals surface area contributed by atoms with E-state index in [1.54, 1.807) is 11.3 Å². The van der Waals surface area contributed by atoms with Crippen molar-refractivity contribution in [3.05, 3.63) is 51.5 Å². The lowest BCUT2D eigenvalue weighted by atomic mass is 9.95. The van der Waals surface area contributed by atoms with Crippen LogP contribution in [0, 0.1) is 12.8 Å². The van der Waals surface area contributed by atoms with E-state index in [4.69, 9.17) is 5.84 Å². The van der Waals surface area contributed by atoms with Gasteiger partial charge in [-0.3, -0.25) is 11.3 Å². The largest absolute Gasteiger partial charge is 0.271 e. The molecule has 19 heavy (non-hydrogen) atoms. The minimum Gasteiger partial charge on any atom is -0.271 e. The molecule has 0 aliphatic heterocycles. The fourth-order valence-corrected chi connectivity index (χ4v) is 3.76. The van der Waals surface area contributed by atoms with Gasteiger partial charge in [0.05, 0.1) is 5.01 Å². The van der Waals surface area contributed by atoms with Gasteiger partial charge in [0.15, 0.2) is 0 Å². The molecule has 0 saturated heterocycles. The van der Waals surface area contributed by atoms with Gasteiger partial charge >= 0.3 is 0 Å². The van der Waals surface area contributed by atoms with Crippen LogP contribution in [0.5, 0.6) is 0 Å². The van der Waals surface area contributed by atoms with Crippen LogP contribution in [0.1, 0.15) is 21.8 Å². The van der Waals surface area contributed by atoms with E-state index >= 15 is 0 Å². The second-order valence-corrected chi connectivity index (χ2v) is 6.24. The van der Waals surface area contributed by atoms with Gasteiger partial charge in [0.2, 0.25) is 0 Å². The zero-order chi connectivity index (χ0) is 13.2. The molecule has 1 aromatic heterocycles. The molecular weight excluding hydrogens is 254 g/mol. The maximum absolute atomic E-state index is 5.77. The van der Waals surface area contributed by atoms with Gasteiger partial charge < -0.3 is 0 Å². The summed E-state index contributed by atoms with van der Waals surface area (Å²) >= 11 is 1.73. The van der Waals surface area contributed by atoms with Crippen molar-refractivity contribution in [2.45, 2.75) is 32.2 Å². The molecule has 0 fully saturated rings. The molecule has 1 aliphatic carbocycles. The normalized spacial score (nSPS) is 16.5. The highest BCUT2D eigenvalue weighted by Crippen LogP contribution is 2.30. The lowest BCUT2D eigenvalue weighted by Gasteiger charge is -2.21. The summed E-state index contributed by atoms with van der Waals surface area (Å²) in [6, 6.07) is 9.01. The maximum atomic E-state index is 5.77. The first-order valence-electron chi connectivity index (χ1n) is 6.70.